The van der Waals surface area contributed by atoms with Crippen LogP contribution in [0.3, 0.4) is 0 Å². The van der Waals surface area contributed by atoms with Crippen molar-refractivity contribution >= 4 is 11.6 Å². The van der Waals surface area contributed by atoms with Crippen LogP contribution in [0.4, 0.5) is 5.69 Å². The first kappa shape index (κ1) is 15.2. The maximum Gasteiger partial charge on any atom is 0.246 e. The fourth-order valence-corrected chi connectivity index (χ4v) is 1.95. The largest absolute Gasteiger partial charge is 0.384 e. The first-order valence-electron chi connectivity index (χ1n) is 6.76. The summed E-state index contributed by atoms with van der Waals surface area (Å²) in [7, 11) is 0. The molecular formula is C15H20N4O2. The molecule has 0 radical (unpaired) electrons. The number of hydrogen-bond acceptors (Lipinski definition) is 4. The van der Waals surface area contributed by atoms with Gasteiger partial charge in [-0.25, -0.2) is 4.68 Å². The van der Waals surface area contributed by atoms with E-state index in [9.17, 15) is 9.90 Å². The molecule has 1 aromatic heterocycles. The average Bonchev–Trinajstić information content (AvgIpc) is 2.81. The lowest BCUT2D eigenvalue weighted by atomic mass is 10.1. The van der Waals surface area contributed by atoms with Gasteiger partial charge in [-0.15, -0.1) is 5.10 Å². The van der Waals surface area contributed by atoms with Gasteiger partial charge in [-0.3, -0.25) is 4.79 Å². The van der Waals surface area contributed by atoms with Crippen LogP contribution in [0.1, 0.15) is 30.7 Å². The molecule has 112 valence electrons. The van der Waals surface area contributed by atoms with Crippen LogP contribution < -0.4 is 5.32 Å². The molecule has 0 unspecified atom stereocenters. The molecule has 0 saturated heterocycles. The number of carbonyl (C=O) groups is 1. The van der Waals surface area contributed by atoms with Gasteiger partial charge in [-0.1, -0.05) is 22.9 Å². The number of hydrogen-bond donors (Lipinski definition) is 2. The number of amides is 1. The molecule has 1 aromatic carbocycles. The molecule has 0 aliphatic carbocycles. The highest BCUT2D eigenvalue weighted by molar-refractivity contribution is 5.91. The molecule has 0 atom stereocenters. The van der Waals surface area contributed by atoms with Crippen molar-refractivity contribution in [2.75, 3.05) is 5.32 Å². The molecule has 2 rings (SSSR count). The van der Waals surface area contributed by atoms with Gasteiger partial charge in [0, 0.05) is 5.69 Å². The SMILES string of the molecule is Cc1ccc(NC(=O)Cn2cc(C(C)(C)O)nn2)c(C)c1. The van der Waals surface area contributed by atoms with Gasteiger partial charge in [0.25, 0.3) is 0 Å². The van der Waals surface area contributed by atoms with Crippen molar-refractivity contribution < 1.29 is 9.90 Å². The summed E-state index contributed by atoms with van der Waals surface area (Å²) in [4.78, 5) is 12.0. The van der Waals surface area contributed by atoms with Crippen LogP contribution in [0.2, 0.25) is 0 Å². The molecule has 0 aliphatic rings. The van der Waals surface area contributed by atoms with E-state index in [1.807, 2.05) is 32.0 Å². The van der Waals surface area contributed by atoms with Gasteiger partial charge >= 0.3 is 0 Å². The van der Waals surface area contributed by atoms with Crippen molar-refractivity contribution in [2.24, 2.45) is 0 Å². The van der Waals surface area contributed by atoms with Crippen LogP contribution in [-0.4, -0.2) is 26.0 Å². The average molecular weight is 288 g/mol. The minimum atomic E-state index is -1.07. The maximum absolute atomic E-state index is 12.0. The molecule has 6 heteroatoms. The highest BCUT2D eigenvalue weighted by Crippen LogP contribution is 2.17. The van der Waals surface area contributed by atoms with Crippen molar-refractivity contribution in [1.29, 1.82) is 0 Å². The van der Waals surface area contributed by atoms with E-state index in [0.29, 0.717) is 5.69 Å². The summed E-state index contributed by atoms with van der Waals surface area (Å²) in [6.45, 7) is 7.25. The highest BCUT2D eigenvalue weighted by Gasteiger charge is 2.20. The summed E-state index contributed by atoms with van der Waals surface area (Å²) in [5, 5.41) is 20.4. The Kier molecular flexibility index (Phi) is 4.09. The molecular weight excluding hydrogens is 268 g/mol. The molecule has 6 nitrogen and oxygen atoms in total. The Bertz CT molecular complexity index is 656. The molecule has 0 saturated carbocycles. The van der Waals surface area contributed by atoms with E-state index in [0.717, 1.165) is 16.8 Å². The second-order valence-electron chi connectivity index (χ2n) is 5.73. The fourth-order valence-electron chi connectivity index (χ4n) is 1.95. The van der Waals surface area contributed by atoms with Gasteiger partial charge in [0.15, 0.2) is 0 Å². The molecule has 21 heavy (non-hydrogen) atoms. The van der Waals surface area contributed by atoms with E-state index in [-0.39, 0.29) is 12.5 Å². The van der Waals surface area contributed by atoms with E-state index < -0.39 is 5.60 Å². The lowest BCUT2D eigenvalue weighted by molar-refractivity contribution is -0.116. The van der Waals surface area contributed by atoms with Gasteiger partial charge < -0.3 is 10.4 Å². The first-order chi connectivity index (χ1) is 9.75. The normalized spacial score (nSPS) is 11.5. The highest BCUT2D eigenvalue weighted by atomic mass is 16.3. The quantitative estimate of drug-likeness (QED) is 0.898. The van der Waals surface area contributed by atoms with Crippen molar-refractivity contribution in [3.05, 3.63) is 41.2 Å². The summed E-state index contributed by atoms with van der Waals surface area (Å²) >= 11 is 0. The molecule has 2 N–H and O–H groups in total. The predicted octanol–water partition coefficient (Wildman–Crippen LogP) is 1.76. The monoisotopic (exact) mass is 288 g/mol. The van der Waals surface area contributed by atoms with E-state index in [1.54, 1.807) is 20.0 Å². The fraction of sp³-hybridized carbons (Fsp3) is 0.400. The Morgan fingerprint density at radius 2 is 2.10 bits per heavy atom. The standard InChI is InChI=1S/C15H20N4O2/c1-10-5-6-12(11(2)7-10)16-14(20)9-19-8-13(17-18-19)15(3,4)21/h5-8,21H,9H2,1-4H3,(H,16,20). The van der Waals surface area contributed by atoms with Crippen LogP contribution in [0.15, 0.2) is 24.4 Å². The van der Waals surface area contributed by atoms with Crippen LogP contribution in [0.25, 0.3) is 0 Å². The second kappa shape index (κ2) is 5.65. The van der Waals surface area contributed by atoms with Gasteiger partial charge in [0.1, 0.15) is 17.8 Å². The van der Waals surface area contributed by atoms with Crippen LogP contribution in [0, 0.1) is 13.8 Å². The number of aromatic nitrogens is 3. The molecule has 0 aliphatic heterocycles. The lowest BCUT2D eigenvalue weighted by Gasteiger charge is -2.12. The third-order valence-corrected chi connectivity index (χ3v) is 3.13. The van der Waals surface area contributed by atoms with Gasteiger partial charge in [-0.05, 0) is 39.3 Å². The minimum absolute atomic E-state index is 0.0520. The number of benzene rings is 1. The number of aliphatic hydroxyl groups is 1. The lowest BCUT2D eigenvalue weighted by Crippen LogP contribution is -2.20. The third kappa shape index (κ3) is 3.88. The predicted molar refractivity (Wildman–Crippen MR) is 79.8 cm³/mol. The number of anilines is 1. The summed E-state index contributed by atoms with van der Waals surface area (Å²) < 4.78 is 1.41. The van der Waals surface area contributed by atoms with Gasteiger partial charge in [-0.2, -0.15) is 0 Å². The number of rotatable bonds is 4. The molecule has 1 heterocycles. The minimum Gasteiger partial charge on any atom is -0.384 e. The zero-order chi connectivity index (χ0) is 15.6. The number of carbonyl (C=O) groups excluding carboxylic acids is 1. The number of nitrogens with zero attached hydrogens (tertiary/aromatic N) is 3. The Labute approximate surface area is 123 Å². The smallest absolute Gasteiger partial charge is 0.246 e. The number of aryl methyl sites for hydroxylation is 2. The summed E-state index contributed by atoms with van der Waals surface area (Å²) in [6.07, 6.45) is 1.57. The zero-order valence-electron chi connectivity index (χ0n) is 12.7. The Balaban J connectivity index is 2.03. The van der Waals surface area contributed by atoms with Crippen molar-refractivity contribution in [3.63, 3.8) is 0 Å². The molecule has 0 bridgehead atoms. The molecule has 1 amide bonds. The van der Waals surface area contributed by atoms with Crippen LogP contribution in [-0.2, 0) is 16.9 Å². The molecule has 2 aromatic rings. The van der Waals surface area contributed by atoms with E-state index >= 15 is 0 Å². The number of nitrogens with one attached hydrogen (secondary N) is 1. The third-order valence-electron chi connectivity index (χ3n) is 3.13. The van der Waals surface area contributed by atoms with Crippen molar-refractivity contribution in [1.82, 2.24) is 15.0 Å². The van der Waals surface area contributed by atoms with Crippen molar-refractivity contribution in [3.8, 4) is 0 Å². The van der Waals surface area contributed by atoms with Crippen molar-refractivity contribution in [2.45, 2.75) is 39.8 Å². The van der Waals surface area contributed by atoms with Gasteiger partial charge in [0.05, 0.1) is 6.20 Å². The topological polar surface area (TPSA) is 80.0 Å². The second-order valence-corrected chi connectivity index (χ2v) is 5.73. The van der Waals surface area contributed by atoms with E-state index in [2.05, 4.69) is 15.6 Å². The van der Waals surface area contributed by atoms with Gasteiger partial charge in [0.2, 0.25) is 5.91 Å². The summed E-state index contributed by atoms with van der Waals surface area (Å²) in [5.41, 5.74) is 2.31. The molecule has 0 fully saturated rings. The van der Waals surface area contributed by atoms with Crippen LogP contribution in [0.5, 0.6) is 0 Å². The Hall–Kier alpha value is -2.21. The Morgan fingerprint density at radius 1 is 1.38 bits per heavy atom. The Morgan fingerprint density at radius 3 is 2.67 bits per heavy atom. The molecule has 0 spiro atoms. The maximum atomic E-state index is 12.0. The van der Waals surface area contributed by atoms with E-state index in [4.69, 9.17) is 0 Å². The zero-order valence-corrected chi connectivity index (χ0v) is 12.7. The summed E-state index contributed by atoms with van der Waals surface area (Å²) in [5.74, 6) is -0.186. The van der Waals surface area contributed by atoms with Crippen LogP contribution >= 0.6 is 0 Å². The van der Waals surface area contributed by atoms with E-state index in [1.165, 1.54) is 4.68 Å². The summed E-state index contributed by atoms with van der Waals surface area (Å²) in [6, 6.07) is 5.84. The first-order valence-corrected chi connectivity index (χ1v) is 6.76.